The van der Waals surface area contributed by atoms with Gasteiger partial charge >= 0.3 is 5.97 Å². The van der Waals surface area contributed by atoms with Crippen molar-refractivity contribution in [2.45, 2.75) is 33.7 Å². The molecule has 0 bridgehead atoms. The predicted molar refractivity (Wildman–Crippen MR) is 111 cm³/mol. The minimum atomic E-state index is -3.95. The molecule has 0 saturated heterocycles. The van der Waals surface area contributed by atoms with E-state index in [9.17, 15) is 18.3 Å². The van der Waals surface area contributed by atoms with Crippen LogP contribution in [0.1, 0.15) is 11.1 Å². The number of carbonyl (C=O) groups is 1. The lowest BCUT2D eigenvalue weighted by Crippen LogP contribution is -2.48. The minimum absolute atomic E-state index is 0.0516. The van der Waals surface area contributed by atoms with Crippen LogP contribution in [0.5, 0.6) is 0 Å². The monoisotopic (exact) mass is 425 g/mol. The fourth-order valence-corrected chi connectivity index (χ4v) is 5.80. The molecule has 1 atom stereocenters. The van der Waals surface area contributed by atoms with Crippen molar-refractivity contribution in [3.05, 3.63) is 90.0 Å². The highest BCUT2D eigenvalue weighted by atomic mass is 32.2. The molecule has 29 heavy (non-hydrogen) atoms. The van der Waals surface area contributed by atoms with Gasteiger partial charge in [-0.3, -0.25) is 4.79 Å². The molecular formula is C22H19NO4S2. The van der Waals surface area contributed by atoms with Crippen LogP contribution in [0.4, 0.5) is 0 Å². The van der Waals surface area contributed by atoms with Crippen LogP contribution in [0.2, 0.25) is 0 Å². The Hall–Kier alpha value is -2.61. The molecule has 5 nitrogen and oxygen atoms in total. The number of nitrogens with zero attached hydrogens (tertiary/aromatic N) is 1. The second kappa shape index (κ2) is 8.02. The molecular weight excluding hydrogens is 406 g/mol. The lowest BCUT2D eigenvalue weighted by molar-refractivity contribution is -0.141. The van der Waals surface area contributed by atoms with E-state index >= 15 is 0 Å². The van der Waals surface area contributed by atoms with Gasteiger partial charge in [0.05, 0.1) is 4.90 Å². The zero-order valence-electron chi connectivity index (χ0n) is 15.4. The number of carboxylic acids is 1. The number of sulfonamides is 1. The first kappa shape index (κ1) is 19.7. The summed E-state index contributed by atoms with van der Waals surface area (Å²) >= 11 is 1.54. The molecule has 0 fully saturated rings. The Morgan fingerprint density at radius 3 is 2.10 bits per heavy atom. The molecule has 0 amide bonds. The number of aliphatic carboxylic acids is 1. The molecule has 3 aromatic carbocycles. The number of benzene rings is 3. The molecule has 0 unspecified atom stereocenters. The quantitative estimate of drug-likeness (QED) is 0.668. The van der Waals surface area contributed by atoms with Gasteiger partial charge in [0.2, 0.25) is 10.0 Å². The van der Waals surface area contributed by atoms with Crippen LogP contribution in [0.25, 0.3) is 0 Å². The fourth-order valence-electron chi connectivity index (χ4n) is 3.40. The van der Waals surface area contributed by atoms with Gasteiger partial charge < -0.3 is 5.11 Å². The number of carboxylic acid groups (broad SMARTS) is 1. The second-order valence-electron chi connectivity index (χ2n) is 6.76. The van der Waals surface area contributed by atoms with Gasteiger partial charge in [0.15, 0.2) is 0 Å². The van der Waals surface area contributed by atoms with E-state index in [4.69, 9.17) is 0 Å². The molecule has 0 radical (unpaired) electrons. The summed E-state index contributed by atoms with van der Waals surface area (Å²) in [6.45, 7) is 0.0516. The molecule has 0 aromatic heterocycles. The lowest BCUT2D eigenvalue weighted by Gasteiger charge is -2.33. The maximum Gasteiger partial charge on any atom is 0.322 e. The van der Waals surface area contributed by atoms with Gasteiger partial charge in [-0.15, -0.1) is 0 Å². The first-order valence-electron chi connectivity index (χ1n) is 9.09. The fraction of sp³-hybridized carbons (Fsp3) is 0.136. The van der Waals surface area contributed by atoms with Crippen molar-refractivity contribution in [1.82, 2.24) is 4.31 Å². The van der Waals surface area contributed by atoms with Crippen LogP contribution in [-0.4, -0.2) is 29.8 Å². The third-order valence-electron chi connectivity index (χ3n) is 4.90. The molecule has 1 heterocycles. The van der Waals surface area contributed by atoms with E-state index in [2.05, 4.69) is 0 Å². The van der Waals surface area contributed by atoms with Crippen molar-refractivity contribution in [2.24, 2.45) is 0 Å². The Bertz CT molecular complexity index is 1130. The number of hydrogen-bond donors (Lipinski definition) is 1. The van der Waals surface area contributed by atoms with Gasteiger partial charge in [-0.2, -0.15) is 4.31 Å². The van der Waals surface area contributed by atoms with Crippen LogP contribution in [-0.2, 0) is 27.8 Å². The molecule has 148 valence electrons. The number of fused-ring (bicyclic) bond motifs is 1. The van der Waals surface area contributed by atoms with Crippen molar-refractivity contribution in [1.29, 1.82) is 0 Å². The molecule has 3 aromatic rings. The Kier molecular flexibility index (Phi) is 5.45. The highest BCUT2D eigenvalue weighted by Crippen LogP contribution is 2.32. The molecule has 0 saturated carbocycles. The number of rotatable bonds is 5. The van der Waals surface area contributed by atoms with E-state index in [1.807, 2.05) is 54.6 Å². The van der Waals surface area contributed by atoms with E-state index in [0.717, 1.165) is 25.2 Å². The Morgan fingerprint density at radius 1 is 0.862 bits per heavy atom. The largest absolute Gasteiger partial charge is 0.480 e. The second-order valence-corrected chi connectivity index (χ2v) is 9.80. The molecule has 1 aliphatic heterocycles. The summed E-state index contributed by atoms with van der Waals surface area (Å²) in [6.07, 6.45) is 0.159. The highest BCUT2D eigenvalue weighted by Gasteiger charge is 2.39. The average Bonchev–Trinajstić information content (AvgIpc) is 2.74. The minimum Gasteiger partial charge on any atom is -0.480 e. The predicted octanol–water partition coefficient (Wildman–Crippen LogP) is 4.04. The normalized spacial score (nSPS) is 16.9. The van der Waals surface area contributed by atoms with Gasteiger partial charge in [0, 0.05) is 22.8 Å². The zero-order valence-corrected chi connectivity index (χ0v) is 17.1. The lowest BCUT2D eigenvalue weighted by atomic mass is 9.96. The first-order chi connectivity index (χ1) is 13.9. The topological polar surface area (TPSA) is 74.7 Å². The summed E-state index contributed by atoms with van der Waals surface area (Å²) < 4.78 is 27.6. The van der Waals surface area contributed by atoms with Crippen molar-refractivity contribution < 1.29 is 18.3 Å². The van der Waals surface area contributed by atoms with Gasteiger partial charge in [-0.1, -0.05) is 54.2 Å². The van der Waals surface area contributed by atoms with E-state index in [1.165, 1.54) is 11.8 Å². The first-order valence-corrected chi connectivity index (χ1v) is 11.4. The summed E-state index contributed by atoms with van der Waals surface area (Å²) in [5, 5.41) is 9.64. The third kappa shape index (κ3) is 4.07. The standard InChI is InChI=1S/C22H19NO4S2/c24-22(25)21-14-16-6-4-5-7-17(16)15-23(21)29(26,27)20-12-10-19(11-13-20)28-18-8-2-1-3-9-18/h1-13,21H,14-15H2,(H,24,25)/t21-/m1/s1. The van der Waals surface area contributed by atoms with E-state index < -0.39 is 22.0 Å². The maximum absolute atomic E-state index is 13.2. The summed E-state index contributed by atoms with van der Waals surface area (Å²) in [5.74, 6) is -1.14. The number of hydrogen-bond acceptors (Lipinski definition) is 4. The zero-order chi connectivity index (χ0) is 20.4. The van der Waals surface area contributed by atoms with E-state index in [0.29, 0.717) is 0 Å². The smallest absolute Gasteiger partial charge is 0.322 e. The van der Waals surface area contributed by atoms with Crippen LogP contribution in [0.3, 0.4) is 0 Å². The molecule has 1 N–H and O–H groups in total. The SMILES string of the molecule is O=C(O)[C@H]1Cc2ccccc2CN1S(=O)(=O)c1ccc(Sc2ccccc2)cc1. The van der Waals surface area contributed by atoms with Crippen molar-refractivity contribution in [3.63, 3.8) is 0 Å². The third-order valence-corrected chi connectivity index (χ3v) is 7.78. The summed E-state index contributed by atoms with van der Waals surface area (Å²) in [5.41, 5.74) is 1.71. The summed E-state index contributed by atoms with van der Waals surface area (Å²) in [6, 6.07) is 22.6. The summed E-state index contributed by atoms with van der Waals surface area (Å²) in [4.78, 5) is 13.9. The molecule has 7 heteroatoms. The molecule has 4 rings (SSSR count). The van der Waals surface area contributed by atoms with Crippen LogP contribution in [0.15, 0.2) is 93.5 Å². The Labute approximate surface area is 174 Å². The van der Waals surface area contributed by atoms with Crippen LogP contribution in [0, 0.1) is 0 Å². The van der Waals surface area contributed by atoms with E-state index in [-0.39, 0.29) is 17.9 Å². The van der Waals surface area contributed by atoms with E-state index in [1.54, 1.807) is 24.3 Å². The molecule has 0 spiro atoms. The van der Waals surface area contributed by atoms with Gasteiger partial charge in [0.25, 0.3) is 0 Å². The average molecular weight is 426 g/mol. The van der Waals surface area contributed by atoms with Gasteiger partial charge in [-0.05, 0) is 47.5 Å². The highest BCUT2D eigenvalue weighted by molar-refractivity contribution is 7.99. The Morgan fingerprint density at radius 2 is 1.45 bits per heavy atom. The van der Waals surface area contributed by atoms with Crippen LogP contribution < -0.4 is 0 Å². The molecule has 1 aliphatic rings. The van der Waals surface area contributed by atoms with Crippen molar-refractivity contribution >= 4 is 27.8 Å². The van der Waals surface area contributed by atoms with Crippen LogP contribution >= 0.6 is 11.8 Å². The summed E-state index contributed by atoms with van der Waals surface area (Å²) in [7, 11) is -3.95. The van der Waals surface area contributed by atoms with Crippen molar-refractivity contribution in [3.8, 4) is 0 Å². The van der Waals surface area contributed by atoms with Gasteiger partial charge in [0.1, 0.15) is 6.04 Å². The maximum atomic E-state index is 13.2. The van der Waals surface area contributed by atoms with Crippen molar-refractivity contribution in [2.75, 3.05) is 0 Å². The Balaban J connectivity index is 1.62. The van der Waals surface area contributed by atoms with Gasteiger partial charge in [-0.25, -0.2) is 8.42 Å². The molecule has 0 aliphatic carbocycles.